The number of carbonyl (C=O) groups is 3. The Kier molecular flexibility index (Phi) is 6.91. The van der Waals surface area contributed by atoms with Crippen LogP contribution in [0.2, 0.25) is 0 Å². The molecule has 2 aromatic rings. The highest BCUT2D eigenvalue weighted by atomic mass is 16.5. The van der Waals surface area contributed by atoms with Crippen molar-refractivity contribution in [1.29, 1.82) is 0 Å². The van der Waals surface area contributed by atoms with E-state index >= 15 is 0 Å². The number of carbonyl (C=O) groups excluding carboxylic acids is 3. The quantitative estimate of drug-likeness (QED) is 0.581. The average Bonchev–Trinajstić information content (AvgIpc) is 2.62. The number of hydrogen-bond acceptors (Lipinski definition) is 5. The number of esters is 1. The molecular formula is C20H21NO5. The highest BCUT2D eigenvalue weighted by molar-refractivity contribution is 5.97. The molecule has 2 aromatic carbocycles. The normalized spacial score (nSPS) is 10.1. The SMILES string of the molecule is CC(=O)c1cccc(NC(=O)COC(=O)CCOc2ccc(C)cc2)c1. The van der Waals surface area contributed by atoms with Gasteiger partial charge >= 0.3 is 5.97 Å². The fourth-order valence-electron chi connectivity index (χ4n) is 2.12. The molecule has 0 saturated heterocycles. The third-order valence-corrected chi connectivity index (χ3v) is 3.51. The van der Waals surface area contributed by atoms with E-state index in [0.29, 0.717) is 17.0 Å². The van der Waals surface area contributed by atoms with Gasteiger partial charge in [-0.15, -0.1) is 0 Å². The van der Waals surface area contributed by atoms with E-state index in [9.17, 15) is 14.4 Å². The summed E-state index contributed by atoms with van der Waals surface area (Å²) in [6, 6.07) is 14.0. The maximum Gasteiger partial charge on any atom is 0.309 e. The van der Waals surface area contributed by atoms with E-state index in [0.717, 1.165) is 5.56 Å². The predicted molar refractivity (Wildman–Crippen MR) is 97.3 cm³/mol. The molecule has 6 heteroatoms. The monoisotopic (exact) mass is 355 g/mol. The smallest absolute Gasteiger partial charge is 0.309 e. The Morgan fingerprint density at radius 2 is 1.77 bits per heavy atom. The number of hydrogen-bond donors (Lipinski definition) is 1. The first-order valence-electron chi connectivity index (χ1n) is 8.20. The highest BCUT2D eigenvalue weighted by Gasteiger charge is 2.09. The average molecular weight is 355 g/mol. The summed E-state index contributed by atoms with van der Waals surface area (Å²) < 4.78 is 10.3. The summed E-state index contributed by atoms with van der Waals surface area (Å²) in [5.41, 5.74) is 2.09. The van der Waals surface area contributed by atoms with Crippen LogP contribution in [0.3, 0.4) is 0 Å². The zero-order chi connectivity index (χ0) is 18.9. The maximum atomic E-state index is 11.8. The van der Waals surface area contributed by atoms with Crippen molar-refractivity contribution in [3.63, 3.8) is 0 Å². The van der Waals surface area contributed by atoms with Crippen molar-refractivity contribution < 1.29 is 23.9 Å². The van der Waals surface area contributed by atoms with Gasteiger partial charge in [0.15, 0.2) is 12.4 Å². The third-order valence-electron chi connectivity index (χ3n) is 3.51. The molecule has 0 saturated carbocycles. The van der Waals surface area contributed by atoms with Gasteiger partial charge in [0.1, 0.15) is 5.75 Å². The van der Waals surface area contributed by atoms with Crippen LogP contribution in [0.5, 0.6) is 5.75 Å². The van der Waals surface area contributed by atoms with Gasteiger partial charge < -0.3 is 14.8 Å². The molecule has 1 N–H and O–H groups in total. The van der Waals surface area contributed by atoms with Gasteiger partial charge in [0.25, 0.3) is 5.91 Å². The molecule has 1 amide bonds. The van der Waals surface area contributed by atoms with Gasteiger partial charge in [0.2, 0.25) is 0 Å². The van der Waals surface area contributed by atoms with Crippen molar-refractivity contribution in [2.75, 3.05) is 18.5 Å². The molecule has 0 aromatic heterocycles. The summed E-state index contributed by atoms with van der Waals surface area (Å²) in [6.45, 7) is 3.20. The van der Waals surface area contributed by atoms with E-state index in [1.807, 2.05) is 31.2 Å². The second kappa shape index (κ2) is 9.36. The number of anilines is 1. The van der Waals surface area contributed by atoms with Gasteiger partial charge in [0, 0.05) is 11.3 Å². The fourth-order valence-corrected chi connectivity index (χ4v) is 2.12. The van der Waals surface area contributed by atoms with Crippen LogP contribution in [0.1, 0.15) is 29.3 Å². The summed E-state index contributed by atoms with van der Waals surface area (Å²) >= 11 is 0. The number of ketones is 1. The van der Waals surface area contributed by atoms with Crippen molar-refractivity contribution in [2.24, 2.45) is 0 Å². The first-order chi connectivity index (χ1) is 12.4. The van der Waals surface area contributed by atoms with E-state index in [1.165, 1.54) is 6.92 Å². The minimum atomic E-state index is -0.523. The Balaban J connectivity index is 1.69. The van der Waals surface area contributed by atoms with Crippen molar-refractivity contribution >= 4 is 23.3 Å². The maximum absolute atomic E-state index is 11.8. The van der Waals surface area contributed by atoms with Crippen LogP contribution in [0.25, 0.3) is 0 Å². The lowest BCUT2D eigenvalue weighted by molar-refractivity contribution is -0.147. The van der Waals surface area contributed by atoms with Gasteiger partial charge in [-0.05, 0) is 38.1 Å². The van der Waals surface area contributed by atoms with E-state index in [-0.39, 0.29) is 18.8 Å². The van der Waals surface area contributed by atoms with E-state index in [1.54, 1.807) is 24.3 Å². The highest BCUT2D eigenvalue weighted by Crippen LogP contribution is 2.12. The molecule has 0 radical (unpaired) electrons. The molecule has 0 bridgehead atoms. The summed E-state index contributed by atoms with van der Waals surface area (Å²) in [6.07, 6.45) is 0.0426. The molecule has 0 aliphatic rings. The predicted octanol–water partition coefficient (Wildman–Crippen LogP) is 3.15. The van der Waals surface area contributed by atoms with Crippen molar-refractivity contribution in [3.05, 3.63) is 59.7 Å². The number of Topliss-reactive ketones (excluding diaryl/α,β-unsaturated/α-hetero) is 1. The number of benzene rings is 2. The summed E-state index contributed by atoms with van der Waals surface area (Å²) in [4.78, 5) is 34.8. The van der Waals surface area contributed by atoms with Crippen LogP contribution < -0.4 is 10.1 Å². The summed E-state index contributed by atoms with van der Waals surface area (Å²) in [5.74, 6) is -0.421. The van der Waals surface area contributed by atoms with Crippen LogP contribution in [0, 0.1) is 6.92 Å². The number of aryl methyl sites for hydroxylation is 1. The molecule has 0 atom stereocenters. The number of rotatable bonds is 8. The van der Waals surface area contributed by atoms with Gasteiger partial charge in [0.05, 0.1) is 13.0 Å². The van der Waals surface area contributed by atoms with E-state index in [4.69, 9.17) is 9.47 Å². The van der Waals surface area contributed by atoms with Crippen LogP contribution >= 0.6 is 0 Å². The lowest BCUT2D eigenvalue weighted by atomic mass is 10.1. The number of nitrogens with one attached hydrogen (secondary N) is 1. The molecule has 26 heavy (non-hydrogen) atoms. The minimum Gasteiger partial charge on any atom is -0.493 e. The molecule has 0 aliphatic heterocycles. The summed E-state index contributed by atoms with van der Waals surface area (Å²) in [7, 11) is 0. The molecule has 136 valence electrons. The zero-order valence-electron chi connectivity index (χ0n) is 14.8. The standard InChI is InChI=1S/C20H21NO5/c1-14-6-8-18(9-7-14)25-11-10-20(24)26-13-19(23)21-17-5-3-4-16(12-17)15(2)22/h3-9,12H,10-11,13H2,1-2H3,(H,21,23). The molecular weight excluding hydrogens is 334 g/mol. The zero-order valence-corrected chi connectivity index (χ0v) is 14.8. The Morgan fingerprint density at radius 3 is 2.46 bits per heavy atom. The van der Waals surface area contributed by atoms with Crippen molar-refractivity contribution in [3.8, 4) is 5.75 Å². The summed E-state index contributed by atoms with van der Waals surface area (Å²) in [5, 5.41) is 2.58. The Bertz CT molecular complexity index is 783. The molecule has 0 heterocycles. The van der Waals surface area contributed by atoms with Gasteiger partial charge in [-0.25, -0.2) is 0 Å². The molecule has 0 spiro atoms. The minimum absolute atomic E-state index is 0.0426. The second-order valence-electron chi connectivity index (χ2n) is 5.76. The Morgan fingerprint density at radius 1 is 1.04 bits per heavy atom. The van der Waals surface area contributed by atoms with E-state index in [2.05, 4.69) is 5.32 Å². The van der Waals surface area contributed by atoms with Crippen LogP contribution in [0.15, 0.2) is 48.5 Å². The Labute approximate surface area is 152 Å². The fraction of sp³-hybridized carbons (Fsp3) is 0.250. The van der Waals surface area contributed by atoms with Crippen molar-refractivity contribution in [1.82, 2.24) is 0 Å². The second-order valence-corrected chi connectivity index (χ2v) is 5.76. The first kappa shape index (κ1) is 19.2. The molecule has 0 fully saturated rings. The van der Waals surface area contributed by atoms with Crippen LogP contribution in [0.4, 0.5) is 5.69 Å². The molecule has 6 nitrogen and oxygen atoms in total. The first-order valence-corrected chi connectivity index (χ1v) is 8.20. The molecule has 2 rings (SSSR count). The third kappa shape index (κ3) is 6.39. The lowest BCUT2D eigenvalue weighted by Crippen LogP contribution is -2.21. The number of amides is 1. The van der Waals surface area contributed by atoms with Gasteiger partial charge in [-0.3, -0.25) is 14.4 Å². The lowest BCUT2D eigenvalue weighted by Gasteiger charge is -2.08. The number of ether oxygens (including phenoxy) is 2. The van der Waals surface area contributed by atoms with Crippen molar-refractivity contribution in [2.45, 2.75) is 20.3 Å². The molecule has 0 unspecified atom stereocenters. The topological polar surface area (TPSA) is 81.7 Å². The van der Waals surface area contributed by atoms with E-state index < -0.39 is 18.5 Å². The van der Waals surface area contributed by atoms with Crippen LogP contribution in [-0.2, 0) is 14.3 Å². The van der Waals surface area contributed by atoms with Gasteiger partial charge in [-0.1, -0.05) is 29.8 Å². The van der Waals surface area contributed by atoms with Crippen LogP contribution in [-0.4, -0.2) is 30.9 Å². The van der Waals surface area contributed by atoms with Gasteiger partial charge in [-0.2, -0.15) is 0 Å². The largest absolute Gasteiger partial charge is 0.493 e. The molecule has 0 aliphatic carbocycles. The Hall–Kier alpha value is -3.15.